The third-order valence-electron chi connectivity index (χ3n) is 12.6. The smallest absolute Gasteiger partial charge is 0.302 e. The SMILES string of the molecule is CC(=O)O[C@H]1C[C@@H](OC(C)=O)C(C)(C)[C@@H]2C[C@H](OC(C)=O)[C@]3(C)C(CC[C@]4(C)[C@H](c5ccoc5)C[C@H]5O[C@]534)[C@@]12C. The van der Waals surface area contributed by atoms with Gasteiger partial charge in [0.15, 0.2) is 0 Å². The van der Waals surface area contributed by atoms with Crippen molar-refractivity contribution in [1.82, 2.24) is 0 Å². The van der Waals surface area contributed by atoms with Crippen molar-refractivity contribution >= 4 is 17.9 Å². The highest BCUT2D eigenvalue weighted by molar-refractivity contribution is 5.67. The van der Waals surface area contributed by atoms with Crippen LogP contribution in [0.1, 0.15) is 99.0 Å². The zero-order chi connectivity index (χ0) is 29.0. The lowest BCUT2D eigenvalue weighted by Gasteiger charge is -2.70. The van der Waals surface area contributed by atoms with Gasteiger partial charge in [-0.05, 0) is 55.1 Å². The number of fused-ring (bicyclic) bond motifs is 3. The van der Waals surface area contributed by atoms with E-state index in [1.54, 1.807) is 6.26 Å². The Hall–Kier alpha value is -2.35. The summed E-state index contributed by atoms with van der Waals surface area (Å²) in [7, 11) is 0. The first kappa shape index (κ1) is 27.8. The Morgan fingerprint density at radius 2 is 1.45 bits per heavy atom. The quantitative estimate of drug-likeness (QED) is 0.269. The van der Waals surface area contributed by atoms with E-state index in [2.05, 4.69) is 40.7 Å². The maximum absolute atomic E-state index is 12.7. The number of furan rings is 1. The second-order valence-corrected chi connectivity index (χ2v) is 14.5. The molecule has 8 nitrogen and oxygen atoms in total. The molecule has 1 unspecified atom stereocenters. The molecule has 0 amide bonds. The number of ether oxygens (including phenoxy) is 4. The van der Waals surface area contributed by atoms with Crippen LogP contribution in [0.15, 0.2) is 23.0 Å². The molecule has 5 fully saturated rings. The zero-order valence-corrected chi connectivity index (χ0v) is 25.1. The van der Waals surface area contributed by atoms with Crippen LogP contribution in [0, 0.1) is 33.5 Å². The summed E-state index contributed by atoms with van der Waals surface area (Å²) in [4.78, 5) is 37.4. The second-order valence-electron chi connectivity index (χ2n) is 14.5. The van der Waals surface area contributed by atoms with Gasteiger partial charge in [-0.3, -0.25) is 14.4 Å². The van der Waals surface area contributed by atoms with Crippen LogP contribution < -0.4 is 0 Å². The fraction of sp³-hybridized carbons (Fsp3) is 0.781. The van der Waals surface area contributed by atoms with Crippen molar-refractivity contribution in [2.24, 2.45) is 33.5 Å². The molecule has 6 rings (SSSR count). The maximum atomic E-state index is 12.7. The summed E-state index contributed by atoms with van der Waals surface area (Å²) in [6.07, 6.45) is 6.14. The van der Waals surface area contributed by atoms with Crippen LogP contribution in [0.4, 0.5) is 0 Å². The predicted molar refractivity (Wildman–Crippen MR) is 144 cm³/mol. The first-order valence-electron chi connectivity index (χ1n) is 14.9. The Bertz CT molecular complexity index is 1220. The van der Waals surface area contributed by atoms with Crippen LogP contribution in [-0.4, -0.2) is 47.9 Å². The average molecular weight is 557 g/mol. The number of carbonyl (C=O) groups is 3. The molecule has 0 bridgehead atoms. The van der Waals surface area contributed by atoms with E-state index >= 15 is 0 Å². The molecule has 40 heavy (non-hydrogen) atoms. The average Bonchev–Trinajstić information content (AvgIpc) is 3.20. The van der Waals surface area contributed by atoms with E-state index in [0.29, 0.717) is 12.8 Å². The lowest BCUT2D eigenvalue weighted by Crippen LogP contribution is -2.74. The molecule has 2 heterocycles. The van der Waals surface area contributed by atoms with E-state index in [9.17, 15) is 14.4 Å². The summed E-state index contributed by atoms with van der Waals surface area (Å²) in [5.74, 6) is -0.694. The van der Waals surface area contributed by atoms with E-state index in [0.717, 1.165) is 19.3 Å². The first-order chi connectivity index (χ1) is 18.6. The Balaban J connectivity index is 1.50. The third kappa shape index (κ3) is 3.31. The molecule has 220 valence electrons. The van der Waals surface area contributed by atoms with Crippen LogP contribution in [0.3, 0.4) is 0 Å². The van der Waals surface area contributed by atoms with Crippen LogP contribution >= 0.6 is 0 Å². The van der Waals surface area contributed by atoms with E-state index < -0.39 is 40.2 Å². The number of epoxide rings is 1. The van der Waals surface area contributed by atoms with Crippen molar-refractivity contribution < 1.29 is 37.7 Å². The van der Waals surface area contributed by atoms with Crippen molar-refractivity contribution in [2.75, 3.05) is 0 Å². The van der Waals surface area contributed by atoms with Gasteiger partial charge in [0.2, 0.25) is 0 Å². The minimum Gasteiger partial charge on any atom is -0.472 e. The first-order valence-corrected chi connectivity index (χ1v) is 14.9. The van der Waals surface area contributed by atoms with Crippen LogP contribution in [0.25, 0.3) is 0 Å². The highest BCUT2D eigenvalue weighted by Gasteiger charge is 2.88. The van der Waals surface area contributed by atoms with Crippen molar-refractivity contribution in [3.05, 3.63) is 24.2 Å². The van der Waals surface area contributed by atoms with Gasteiger partial charge in [0.1, 0.15) is 23.9 Å². The third-order valence-corrected chi connectivity index (χ3v) is 12.6. The Labute approximate surface area is 236 Å². The molecule has 0 aromatic carbocycles. The largest absolute Gasteiger partial charge is 0.472 e. The molecule has 1 aromatic rings. The van der Waals surface area contributed by atoms with Crippen molar-refractivity contribution in [3.8, 4) is 0 Å². The monoisotopic (exact) mass is 556 g/mol. The molecular weight excluding hydrogens is 512 g/mol. The molecule has 1 saturated heterocycles. The lowest BCUT2D eigenvalue weighted by atomic mass is 9.35. The molecule has 1 aliphatic heterocycles. The summed E-state index contributed by atoms with van der Waals surface area (Å²) in [6.45, 7) is 15.5. The van der Waals surface area contributed by atoms with Crippen LogP contribution in [0.5, 0.6) is 0 Å². The van der Waals surface area contributed by atoms with Gasteiger partial charge in [0.25, 0.3) is 0 Å². The second kappa shape index (κ2) is 8.59. The summed E-state index contributed by atoms with van der Waals surface area (Å²) >= 11 is 0. The van der Waals surface area contributed by atoms with Crippen molar-refractivity contribution in [3.63, 3.8) is 0 Å². The predicted octanol–water partition coefficient (Wildman–Crippen LogP) is 5.58. The summed E-state index contributed by atoms with van der Waals surface area (Å²) in [6, 6.07) is 2.07. The minimum absolute atomic E-state index is 0.0334. The number of rotatable bonds is 4. The standard InChI is InChI=1S/C32H44O8/c1-17(33)37-24-15-25(38-18(2)34)30(7)22-9-11-29(6)21(20-10-12-36-16-20)13-27-32(29,40-27)31(22,8)26(39-19(3)35)14-23(30)28(24,4)5/h10,12,16,21-27H,9,11,13-15H2,1-8H3/t21-,22?,23-,24+,25-,26-,27+,29+,30+,31-,32-/m0/s1. The number of hydrogen-bond acceptors (Lipinski definition) is 8. The maximum Gasteiger partial charge on any atom is 0.302 e. The highest BCUT2D eigenvalue weighted by atomic mass is 16.6. The number of hydrogen-bond donors (Lipinski definition) is 0. The van der Waals surface area contributed by atoms with Gasteiger partial charge in [-0.2, -0.15) is 0 Å². The summed E-state index contributed by atoms with van der Waals surface area (Å²) in [5, 5.41) is 0. The number of carbonyl (C=O) groups excluding carboxylic acids is 3. The molecule has 5 aliphatic rings. The molecule has 0 radical (unpaired) electrons. The van der Waals surface area contributed by atoms with E-state index in [-0.39, 0.29) is 47.2 Å². The zero-order valence-electron chi connectivity index (χ0n) is 25.1. The fourth-order valence-corrected chi connectivity index (χ4v) is 11.1. The Morgan fingerprint density at radius 3 is 2.05 bits per heavy atom. The molecule has 11 atom stereocenters. The number of esters is 3. The van der Waals surface area contributed by atoms with Crippen LogP contribution in [-0.2, 0) is 33.3 Å². The summed E-state index contributed by atoms with van der Waals surface area (Å²) in [5.41, 5.74) is -0.842. The van der Waals surface area contributed by atoms with Crippen molar-refractivity contribution in [1.29, 1.82) is 0 Å². The van der Waals surface area contributed by atoms with Gasteiger partial charge in [-0.25, -0.2) is 0 Å². The van der Waals surface area contributed by atoms with E-state index in [1.807, 2.05) is 6.26 Å². The molecular formula is C32H44O8. The van der Waals surface area contributed by atoms with Gasteiger partial charge >= 0.3 is 17.9 Å². The molecule has 1 aromatic heterocycles. The minimum atomic E-state index is -0.511. The molecule has 4 saturated carbocycles. The Kier molecular flexibility index (Phi) is 5.97. The van der Waals surface area contributed by atoms with Gasteiger partial charge in [0, 0.05) is 48.9 Å². The molecule has 8 heteroatoms. The van der Waals surface area contributed by atoms with Crippen LogP contribution in [0.2, 0.25) is 0 Å². The van der Waals surface area contributed by atoms with E-state index in [1.165, 1.54) is 26.3 Å². The van der Waals surface area contributed by atoms with E-state index in [4.69, 9.17) is 23.4 Å². The fourth-order valence-electron chi connectivity index (χ4n) is 11.1. The molecule has 4 aliphatic carbocycles. The summed E-state index contributed by atoms with van der Waals surface area (Å²) < 4.78 is 30.7. The van der Waals surface area contributed by atoms with Gasteiger partial charge in [-0.1, -0.05) is 34.6 Å². The Morgan fingerprint density at radius 1 is 0.825 bits per heavy atom. The van der Waals surface area contributed by atoms with Gasteiger partial charge < -0.3 is 23.4 Å². The molecule has 1 spiro atoms. The van der Waals surface area contributed by atoms with Gasteiger partial charge in [0.05, 0.1) is 18.6 Å². The normalized spacial score (nSPS) is 48.0. The van der Waals surface area contributed by atoms with Crippen molar-refractivity contribution in [2.45, 2.75) is 123 Å². The lowest BCUT2D eigenvalue weighted by molar-refractivity contribution is -0.289. The molecule has 0 N–H and O–H groups in total. The van der Waals surface area contributed by atoms with Gasteiger partial charge in [-0.15, -0.1) is 0 Å². The highest BCUT2D eigenvalue weighted by Crippen LogP contribution is 2.83. The topological polar surface area (TPSA) is 105 Å².